The predicted molar refractivity (Wildman–Crippen MR) is 107 cm³/mol. The van der Waals surface area contributed by atoms with Crippen LogP contribution in [0.4, 0.5) is 0 Å². The Hall–Kier alpha value is -3.45. The van der Waals surface area contributed by atoms with Crippen molar-refractivity contribution in [2.24, 2.45) is 5.10 Å². The SMILES string of the molecule is Cc1nn(-c2ccccc2)c2sc(C(=O)N/N=C\c3ccccc3O)cc12. The molecule has 0 bridgehead atoms. The number of benzene rings is 2. The minimum Gasteiger partial charge on any atom is -0.507 e. The molecule has 0 fully saturated rings. The van der Waals surface area contributed by atoms with Crippen molar-refractivity contribution in [1.29, 1.82) is 0 Å². The van der Waals surface area contributed by atoms with Gasteiger partial charge in [0.05, 0.1) is 22.5 Å². The van der Waals surface area contributed by atoms with Crippen molar-refractivity contribution >= 4 is 33.7 Å². The number of aromatic hydroxyl groups is 1. The zero-order valence-corrected chi connectivity index (χ0v) is 15.3. The first-order valence-electron chi connectivity index (χ1n) is 8.29. The second-order valence-electron chi connectivity index (χ2n) is 5.92. The van der Waals surface area contributed by atoms with Gasteiger partial charge < -0.3 is 5.11 Å². The van der Waals surface area contributed by atoms with Gasteiger partial charge in [0.2, 0.25) is 0 Å². The zero-order valence-electron chi connectivity index (χ0n) is 14.5. The number of nitrogens with zero attached hydrogens (tertiary/aromatic N) is 3. The van der Waals surface area contributed by atoms with Crippen molar-refractivity contribution in [2.75, 3.05) is 0 Å². The van der Waals surface area contributed by atoms with Crippen LogP contribution in [0, 0.1) is 6.92 Å². The second-order valence-corrected chi connectivity index (χ2v) is 6.95. The summed E-state index contributed by atoms with van der Waals surface area (Å²) >= 11 is 1.36. The number of thiophene rings is 1. The highest BCUT2D eigenvalue weighted by molar-refractivity contribution is 7.20. The maximum atomic E-state index is 12.4. The monoisotopic (exact) mass is 376 g/mol. The summed E-state index contributed by atoms with van der Waals surface area (Å²) in [5, 5.41) is 19.2. The van der Waals surface area contributed by atoms with Gasteiger partial charge in [0, 0.05) is 10.9 Å². The number of aromatic nitrogens is 2. The van der Waals surface area contributed by atoms with Gasteiger partial charge >= 0.3 is 0 Å². The van der Waals surface area contributed by atoms with Crippen molar-refractivity contribution < 1.29 is 9.90 Å². The van der Waals surface area contributed by atoms with Crippen LogP contribution < -0.4 is 5.43 Å². The van der Waals surface area contributed by atoms with Gasteiger partial charge in [0.1, 0.15) is 10.6 Å². The van der Waals surface area contributed by atoms with Gasteiger partial charge in [-0.1, -0.05) is 30.3 Å². The van der Waals surface area contributed by atoms with E-state index in [0.717, 1.165) is 21.6 Å². The molecule has 0 saturated carbocycles. The predicted octanol–water partition coefficient (Wildman–Crippen LogP) is 3.86. The van der Waals surface area contributed by atoms with Crippen LogP contribution in [0.25, 0.3) is 15.9 Å². The number of hydrazone groups is 1. The van der Waals surface area contributed by atoms with Gasteiger partial charge in [-0.15, -0.1) is 11.3 Å². The molecule has 6 nitrogen and oxygen atoms in total. The minimum absolute atomic E-state index is 0.107. The molecule has 27 heavy (non-hydrogen) atoms. The smallest absolute Gasteiger partial charge is 0.281 e. The summed E-state index contributed by atoms with van der Waals surface area (Å²) in [6, 6.07) is 18.4. The Morgan fingerprint density at radius 1 is 1.19 bits per heavy atom. The Morgan fingerprint density at radius 2 is 1.93 bits per heavy atom. The third-order valence-corrected chi connectivity index (χ3v) is 5.19. The molecule has 0 aliphatic heterocycles. The number of fused-ring (bicyclic) bond motifs is 1. The van der Waals surface area contributed by atoms with Gasteiger partial charge in [-0.05, 0) is 37.3 Å². The van der Waals surface area contributed by atoms with E-state index in [1.165, 1.54) is 17.6 Å². The fourth-order valence-corrected chi connectivity index (χ4v) is 3.79. The molecular weight excluding hydrogens is 360 g/mol. The van der Waals surface area contributed by atoms with E-state index >= 15 is 0 Å². The summed E-state index contributed by atoms with van der Waals surface area (Å²) in [5.41, 5.74) is 4.85. The Balaban J connectivity index is 1.59. The lowest BCUT2D eigenvalue weighted by atomic mass is 10.2. The van der Waals surface area contributed by atoms with Crippen LogP contribution in [-0.4, -0.2) is 27.0 Å². The van der Waals surface area contributed by atoms with Crippen LogP contribution in [0.5, 0.6) is 5.75 Å². The molecule has 0 atom stereocenters. The number of hydrogen-bond acceptors (Lipinski definition) is 5. The van der Waals surface area contributed by atoms with E-state index in [1.54, 1.807) is 24.3 Å². The van der Waals surface area contributed by atoms with Crippen molar-refractivity contribution in [1.82, 2.24) is 15.2 Å². The lowest BCUT2D eigenvalue weighted by Crippen LogP contribution is -2.16. The first-order chi connectivity index (χ1) is 13.1. The number of aryl methyl sites for hydroxylation is 1. The van der Waals surface area contributed by atoms with E-state index in [0.29, 0.717) is 10.4 Å². The van der Waals surface area contributed by atoms with Crippen molar-refractivity contribution in [2.45, 2.75) is 6.92 Å². The first kappa shape index (κ1) is 17.0. The number of carbonyl (C=O) groups is 1. The molecule has 2 heterocycles. The van der Waals surface area contributed by atoms with Crippen LogP contribution in [0.3, 0.4) is 0 Å². The quantitative estimate of drug-likeness (QED) is 0.419. The molecule has 0 spiro atoms. The minimum atomic E-state index is -0.304. The zero-order chi connectivity index (χ0) is 18.8. The summed E-state index contributed by atoms with van der Waals surface area (Å²) in [6.07, 6.45) is 1.41. The number of hydrogen-bond donors (Lipinski definition) is 2. The first-order valence-corrected chi connectivity index (χ1v) is 9.11. The second kappa shape index (κ2) is 7.05. The fraction of sp³-hybridized carbons (Fsp3) is 0.0500. The molecule has 0 aliphatic rings. The number of para-hydroxylation sites is 2. The number of rotatable bonds is 4. The van der Waals surface area contributed by atoms with E-state index in [9.17, 15) is 9.90 Å². The lowest BCUT2D eigenvalue weighted by molar-refractivity contribution is 0.0959. The molecule has 0 saturated heterocycles. The normalized spacial score (nSPS) is 11.3. The van der Waals surface area contributed by atoms with Crippen molar-refractivity contribution in [3.8, 4) is 11.4 Å². The van der Waals surface area contributed by atoms with E-state index < -0.39 is 0 Å². The highest BCUT2D eigenvalue weighted by Gasteiger charge is 2.16. The highest BCUT2D eigenvalue weighted by Crippen LogP contribution is 2.30. The standard InChI is InChI=1S/C20H16N4O2S/c1-13-16-11-18(19(26)22-21-12-14-7-5-6-10-17(14)25)27-20(16)24(23-13)15-8-3-2-4-9-15/h2-12,25H,1H3,(H,22,26)/b21-12-. The molecule has 2 N–H and O–H groups in total. The number of amides is 1. The molecular formula is C20H16N4O2S. The topological polar surface area (TPSA) is 79.5 Å². The summed E-state index contributed by atoms with van der Waals surface area (Å²) in [4.78, 5) is 13.9. The lowest BCUT2D eigenvalue weighted by Gasteiger charge is -2.01. The molecule has 0 aliphatic carbocycles. The van der Waals surface area contributed by atoms with Crippen LogP contribution in [0.2, 0.25) is 0 Å². The Kier molecular flexibility index (Phi) is 4.43. The molecule has 2 aromatic carbocycles. The molecule has 2 aromatic heterocycles. The van der Waals surface area contributed by atoms with Gasteiger partial charge in [-0.25, -0.2) is 10.1 Å². The molecule has 0 unspecified atom stereocenters. The number of phenolic OH excluding ortho intramolecular Hbond substituents is 1. The van der Waals surface area contributed by atoms with Gasteiger partial charge in [-0.3, -0.25) is 4.79 Å². The summed E-state index contributed by atoms with van der Waals surface area (Å²) in [5.74, 6) is -0.196. The van der Waals surface area contributed by atoms with E-state index in [4.69, 9.17) is 0 Å². The number of phenols is 1. The number of nitrogens with one attached hydrogen (secondary N) is 1. The van der Waals surface area contributed by atoms with Gasteiger partial charge in [-0.2, -0.15) is 10.2 Å². The fourth-order valence-electron chi connectivity index (χ4n) is 2.72. The summed E-state index contributed by atoms with van der Waals surface area (Å²) in [6.45, 7) is 1.92. The maximum absolute atomic E-state index is 12.4. The highest BCUT2D eigenvalue weighted by atomic mass is 32.1. The van der Waals surface area contributed by atoms with Crippen LogP contribution in [-0.2, 0) is 0 Å². The molecule has 0 radical (unpaired) electrons. The summed E-state index contributed by atoms with van der Waals surface area (Å²) in [7, 11) is 0. The van der Waals surface area contributed by atoms with Gasteiger partial charge in [0.15, 0.2) is 0 Å². The van der Waals surface area contributed by atoms with Gasteiger partial charge in [0.25, 0.3) is 5.91 Å². The molecule has 4 aromatic rings. The van der Waals surface area contributed by atoms with E-state index in [1.807, 2.05) is 48.0 Å². The van der Waals surface area contributed by atoms with Crippen LogP contribution >= 0.6 is 11.3 Å². The molecule has 7 heteroatoms. The Bertz CT molecular complexity index is 1150. The Morgan fingerprint density at radius 3 is 2.70 bits per heavy atom. The summed E-state index contributed by atoms with van der Waals surface area (Å²) < 4.78 is 1.84. The van der Waals surface area contributed by atoms with Crippen molar-refractivity contribution in [3.05, 3.63) is 76.8 Å². The van der Waals surface area contributed by atoms with E-state index in [-0.39, 0.29) is 11.7 Å². The average Bonchev–Trinajstić information content (AvgIpc) is 3.25. The Labute approximate surface area is 159 Å². The average molecular weight is 376 g/mol. The maximum Gasteiger partial charge on any atom is 0.281 e. The molecule has 134 valence electrons. The third-order valence-electron chi connectivity index (χ3n) is 4.08. The largest absolute Gasteiger partial charge is 0.507 e. The van der Waals surface area contributed by atoms with Crippen molar-refractivity contribution in [3.63, 3.8) is 0 Å². The molecule has 4 rings (SSSR count). The van der Waals surface area contributed by atoms with Crippen LogP contribution in [0.1, 0.15) is 20.9 Å². The number of carbonyl (C=O) groups excluding carboxylic acids is 1. The molecule has 1 amide bonds. The van der Waals surface area contributed by atoms with E-state index in [2.05, 4.69) is 15.6 Å². The third kappa shape index (κ3) is 3.32. The van der Waals surface area contributed by atoms with Crippen LogP contribution in [0.15, 0.2) is 65.8 Å².